The highest BCUT2D eigenvalue weighted by atomic mass is 16.4. The molecule has 142 valence electrons. The van der Waals surface area contributed by atoms with Crippen molar-refractivity contribution in [3.63, 3.8) is 0 Å². The minimum Gasteiger partial charge on any atom is -0.481 e. The van der Waals surface area contributed by atoms with Gasteiger partial charge in [-0.1, -0.05) is 24.3 Å². The third-order valence-corrected chi connectivity index (χ3v) is 5.75. The maximum Gasteiger partial charge on any atom is 0.308 e. The second-order valence-corrected chi connectivity index (χ2v) is 7.64. The van der Waals surface area contributed by atoms with E-state index in [0.717, 1.165) is 43.7 Å². The summed E-state index contributed by atoms with van der Waals surface area (Å²) in [7, 11) is 2.11. The normalized spacial score (nSPS) is 25.2. The molecule has 1 aromatic rings. The highest BCUT2D eigenvalue weighted by Crippen LogP contribution is 2.34. The van der Waals surface area contributed by atoms with Crippen LogP contribution in [-0.4, -0.2) is 84.5 Å². The van der Waals surface area contributed by atoms with Crippen LogP contribution >= 0.6 is 0 Å². The second kappa shape index (κ2) is 8.18. The maximum absolute atomic E-state index is 12.8. The van der Waals surface area contributed by atoms with Crippen LogP contribution in [0.5, 0.6) is 0 Å². The zero-order valence-corrected chi connectivity index (χ0v) is 15.7. The SMILES string of the molecule is Cc1ccccc1[C@H]1CN(C(=O)CN2CCCN(C)CC2)C[C@@H]1C(=O)O. The van der Waals surface area contributed by atoms with Gasteiger partial charge in [0.2, 0.25) is 5.91 Å². The Morgan fingerprint density at radius 2 is 1.88 bits per heavy atom. The third-order valence-electron chi connectivity index (χ3n) is 5.75. The standard InChI is InChI=1S/C20H29N3O3/c1-15-6-3-4-7-16(15)17-12-23(13-18(17)20(25)26)19(24)14-22-9-5-8-21(2)10-11-22/h3-4,6-7,17-18H,5,8-14H2,1-2H3,(H,25,26)/t17-,18+/m1/s1. The zero-order chi connectivity index (χ0) is 18.7. The lowest BCUT2D eigenvalue weighted by atomic mass is 9.86. The van der Waals surface area contributed by atoms with Crippen molar-refractivity contribution in [1.29, 1.82) is 0 Å². The van der Waals surface area contributed by atoms with Crippen molar-refractivity contribution in [2.75, 3.05) is 52.9 Å². The fourth-order valence-electron chi connectivity index (χ4n) is 4.13. The number of likely N-dealkylation sites (N-methyl/N-ethyl adjacent to an activating group) is 1. The third kappa shape index (κ3) is 4.24. The molecule has 2 aliphatic rings. The Hall–Kier alpha value is -1.92. The number of carbonyl (C=O) groups is 2. The van der Waals surface area contributed by atoms with Gasteiger partial charge in [0.1, 0.15) is 0 Å². The number of nitrogens with zero attached hydrogens (tertiary/aromatic N) is 3. The van der Waals surface area contributed by atoms with Crippen molar-refractivity contribution in [1.82, 2.24) is 14.7 Å². The van der Waals surface area contributed by atoms with E-state index in [4.69, 9.17) is 0 Å². The van der Waals surface area contributed by atoms with E-state index in [-0.39, 0.29) is 11.8 Å². The summed E-state index contributed by atoms with van der Waals surface area (Å²) >= 11 is 0. The molecule has 0 radical (unpaired) electrons. The van der Waals surface area contributed by atoms with Gasteiger partial charge in [-0.25, -0.2) is 0 Å². The van der Waals surface area contributed by atoms with E-state index >= 15 is 0 Å². The largest absolute Gasteiger partial charge is 0.481 e. The number of aliphatic carboxylic acids is 1. The highest BCUT2D eigenvalue weighted by Gasteiger charge is 2.41. The molecule has 2 aliphatic heterocycles. The molecule has 2 saturated heterocycles. The number of carboxylic acids is 1. The van der Waals surface area contributed by atoms with Gasteiger partial charge in [0, 0.05) is 32.1 Å². The van der Waals surface area contributed by atoms with E-state index < -0.39 is 11.9 Å². The van der Waals surface area contributed by atoms with Crippen LogP contribution in [-0.2, 0) is 9.59 Å². The Balaban J connectivity index is 1.68. The first kappa shape index (κ1) is 18.9. The Kier molecular flexibility index (Phi) is 5.94. The lowest BCUT2D eigenvalue weighted by Crippen LogP contribution is -2.41. The molecule has 0 aromatic heterocycles. The van der Waals surface area contributed by atoms with Crippen molar-refractivity contribution in [3.8, 4) is 0 Å². The van der Waals surface area contributed by atoms with Gasteiger partial charge in [-0.3, -0.25) is 14.5 Å². The van der Waals surface area contributed by atoms with E-state index in [1.54, 1.807) is 4.90 Å². The fraction of sp³-hybridized carbons (Fsp3) is 0.600. The number of likely N-dealkylation sites (tertiary alicyclic amines) is 1. The number of hydrogen-bond donors (Lipinski definition) is 1. The number of amides is 1. The van der Waals surface area contributed by atoms with Crippen LogP contribution in [0.25, 0.3) is 0 Å². The van der Waals surface area contributed by atoms with Gasteiger partial charge in [0.05, 0.1) is 12.5 Å². The number of rotatable bonds is 4. The first-order valence-electron chi connectivity index (χ1n) is 9.42. The molecule has 1 aromatic carbocycles. The molecule has 26 heavy (non-hydrogen) atoms. The summed E-state index contributed by atoms with van der Waals surface area (Å²) in [5.41, 5.74) is 2.14. The maximum atomic E-state index is 12.8. The predicted octanol–water partition coefficient (Wildman–Crippen LogP) is 1.26. The molecule has 0 spiro atoms. The van der Waals surface area contributed by atoms with Crippen LogP contribution < -0.4 is 0 Å². The molecule has 0 bridgehead atoms. The minimum absolute atomic E-state index is 0.0527. The molecule has 6 nitrogen and oxygen atoms in total. The summed E-state index contributed by atoms with van der Waals surface area (Å²) in [5, 5.41) is 9.67. The predicted molar refractivity (Wildman–Crippen MR) is 100 cm³/mol. The van der Waals surface area contributed by atoms with E-state index in [2.05, 4.69) is 16.8 Å². The molecular weight excluding hydrogens is 330 g/mol. The van der Waals surface area contributed by atoms with Gasteiger partial charge in [-0.2, -0.15) is 0 Å². The summed E-state index contributed by atoms with van der Waals surface area (Å²) in [6.07, 6.45) is 1.06. The number of carbonyl (C=O) groups excluding carboxylic acids is 1. The fourth-order valence-corrected chi connectivity index (χ4v) is 4.13. The number of benzene rings is 1. The molecule has 0 unspecified atom stereocenters. The molecule has 2 heterocycles. The molecule has 3 rings (SSSR count). The summed E-state index contributed by atoms with van der Waals surface area (Å²) in [6.45, 7) is 7.04. The Morgan fingerprint density at radius 1 is 1.12 bits per heavy atom. The molecule has 1 amide bonds. The van der Waals surface area contributed by atoms with Crippen LogP contribution in [0.15, 0.2) is 24.3 Å². The zero-order valence-electron chi connectivity index (χ0n) is 15.7. The topological polar surface area (TPSA) is 64.1 Å². The lowest BCUT2D eigenvalue weighted by molar-refractivity contribution is -0.141. The van der Waals surface area contributed by atoms with Gasteiger partial charge in [0.15, 0.2) is 0 Å². The molecular formula is C20H29N3O3. The molecule has 1 N–H and O–H groups in total. The van der Waals surface area contributed by atoms with Crippen molar-refractivity contribution >= 4 is 11.9 Å². The van der Waals surface area contributed by atoms with Gasteiger partial charge >= 0.3 is 5.97 Å². The van der Waals surface area contributed by atoms with Crippen molar-refractivity contribution in [3.05, 3.63) is 35.4 Å². The first-order chi connectivity index (χ1) is 12.5. The van der Waals surface area contributed by atoms with Gasteiger partial charge < -0.3 is 14.9 Å². The van der Waals surface area contributed by atoms with Gasteiger partial charge in [-0.15, -0.1) is 0 Å². The summed E-state index contributed by atoms with van der Waals surface area (Å²) in [5.74, 6) is -1.43. The van der Waals surface area contributed by atoms with Crippen molar-refractivity contribution < 1.29 is 14.7 Å². The Labute approximate surface area is 155 Å². The van der Waals surface area contributed by atoms with E-state index in [0.29, 0.717) is 19.6 Å². The average molecular weight is 359 g/mol. The van der Waals surface area contributed by atoms with Crippen molar-refractivity contribution in [2.45, 2.75) is 19.3 Å². The van der Waals surface area contributed by atoms with E-state index in [9.17, 15) is 14.7 Å². The van der Waals surface area contributed by atoms with Crippen LogP contribution in [0, 0.1) is 12.8 Å². The average Bonchev–Trinajstić information content (AvgIpc) is 2.95. The van der Waals surface area contributed by atoms with Crippen LogP contribution in [0.3, 0.4) is 0 Å². The molecule has 0 saturated carbocycles. The van der Waals surface area contributed by atoms with E-state index in [1.165, 1.54) is 0 Å². The second-order valence-electron chi connectivity index (χ2n) is 7.64. The van der Waals surface area contributed by atoms with Crippen LogP contribution in [0.1, 0.15) is 23.5 Å². The monoisotopic (exact) mass is 359 g/mol. The summed E-state index contributed by atoms with van der Waals surface area (Å²) < 4.78 is 0. The first-order valence-corrected chi connectivity index (χ1v) is 9.42. The van der Waals surface area contributed by atoms with E-state index in [1.807, 2.05) is 31.2 Å². The number of hydrogen-bond acceptors (Lipinski definition) is 4. The van der Waals surface area contributed by atoms with Crippen LogP contribution in [0.2, 0.25) is 0 Å². The van der Waals surface area contributed by atoms with Crippen LogP contribution in [0.4, 0.5) is 0 Å². The van der Waals surface area contributed by atoms with Gasteiger partial charge in [0.25, 0.3) is 0 Å². The smallest absolute Gasteiger partial charge is 0.308 e. The lowest BCUT2D eigenvalue weighted by Gasteiger charge is -2.23. The Bertz CT molecular complexity index is 663. The van der Waals surface area contributed by atoms with Gasteiger partial charge in [-0.05, 0) is 44.6 Å². The number of carboxylic acid groups (broad SMARTS) is 1. The minimum atomic E-state index is -0.815. The quantitative estimate of drug-likeness (QED) is 0.877. The number of aryl methyl sites for hydroxylation is 1. The molecule has 0 aliphatic carbocycles. The molecule has 2 atom stereocenters. The highest BCUT2D eigenvalue weighted by molar-refractivity contribution is 5.81. The van der Waals surface area contributed by atoms with Crippen molar-refractivity contribution in [2.24, 2.45) is 5.92 Å². The Morgan fingerprint density at radius 3 is 2.62 bits per heavy atom. The summed E-state index contributed by atoms with van der Waals surface area (Å²) in [6, 6.07) is 7.91. The summed E-state index contributed by atoms with van der Waals surface area (Å²) in [4.78, 5) is 30.8. The molecule has 2 fully saturated rings. The molecule has 6 heteroatoms.